The van der Waals surface area contributed by atoms with E-state index in [-0.39, 0.29) is 16.1 Å². The fourth-order valence-corrected chi connectivity index (χ4v) is 1.81. The van der Waals surface area contributed by atoms with Crippen molar-refractivity contribution in [2.45, 2.75) is 0 Å². The average Bonchev–Trinajstić information content (AvgIpc) is 2.48. The standard InChI is InChI=1S/C14H10ClFN2O3/c1-21-14(20)10-7-9(2-3-11(10)15)18-13(19)8-4-5-17-12(16)6-8/h2-7H,1H3,(H,18,19). The van der Waals surface area contributed by atoms with Gasteiger partial charge in [0.05, 0.1) is 17.7 Å². The topological polar surface area (TPSA) is 68.3 Å². The third kappa shape index (κ3) is 3.55. The number of hydrogen-bond acceptors (Lipinski definition) is 4. The number of pyridine rings is 1. The summed E-state index contributed by atoms with van der Waals surface area (Å²) in [6.07, 6.45) is 1.19. The lowest BCUT2D eigenvalue weighted by Crippen LogP contribution is -2.13. The van der Waals surface area contributed by atoms with E-state index in [4.69, 9.17) is 11.6 Å². The molecule has 1 amide bonds. The van der Waals surface area contributed by atoms with Crippen LogP contribution >= 0.6 is 11.6 Å². The van der Waals surface area contributed by atoms with Gasteiger partial charge < -0.3 is 10.1 Å². The van der Waals surface area contributed by atoms with Crippen molar-refractivity contribution < 1.29 is 18.7 Å². The number of anilines is 1. The number of hydrogen-bond donors (Lipinski definition) is 1. The zero-order valence-electron chi connectivity index (χ0n) is 10.9. The first-order chi connectivity index (χ1) is 10.0. The summed E-state index contributed by atoms with van der Waals surface area (Å²) in [6.45, 7) is 0. The molecule has 0 saturated carbocycles. The average molecular weight is 309 g/mol. The predicted molar refractivity (Wildman–Crippen MR) is 74.9 cm³/mol. The maximum Gasteiger partial charge on any atom is 0.339 e. The smallest absolute Gasteiger partial charge is 0.339 e. The Hall–Kier alpha value is -2.47. The van der Waals surface area contributed by atoms with Crippen LogP contribution in [-0.4, -0.2) is 24.0 Å². The highest BCUT2D eigenvalue weighted by molar-refractivity contribution is 6.33. The summed E-state index contributed by atoms with van der Waals surface area (Å²) in [5.74, 6) is -1.91. The van der Waals surface area contributed by atoms with Gasteiger partial charge >= 0.3 is 5.97 Å². The molecule has 0 aliphatic heterocycles. The van der Waals surface area contributed by atoms with Crippen LogP contribution in [0.3, 0.4) is 0 Å². The molecule has 1 aromatic heterocycles. The molecule has 108 valence electrons. The first kappa shape index (κ1) is 14.9. The van der Waals surface area contributed by atoms with Gasteiger partial charge in [-0.2, -0.15) is 4.39 Å². The number of carbonyl (C=O) groups is 2. The monoisotopic (exact) mass is 308 g/mol. The number of nitrogens with zero attached hydrogens (tertiary/aromatic N) is 1. The Labute approximate surface area is 124 Å². The number of esters is 1. The third-order valence-corrected chi connectivity index (χ3v) is 2.95. The molecule has 1 aromatic carbocycles. The van der Waals surface area contributed by atoms with Crippen molar-refractivity contribution in [2.24, 2.45) is 0 Å². The maximum absolute atomic E-state index is 13.0. The van der Waals surface area contributed by atoms with E-state index in [0.29, 0.717) is 5.69 Å². The largest absolute Gasteiger partial charge is 0.465 e. The Morgan fingerprint density at radius 3 is 2.71 bits per heavy atom. The van der Waals surface area contributed by atoms with Crippen LogP contribution in [0.2, 0.25) is 5.02 Å². The highest BCUT2D eigenvalue weighted by Crippen LogP contribution is 2.21. The quantitative estimate of drug-likeness (QED) is 0.699. The van der Waals surface area contributed by atoms with Gasteiger partial charge in [0.15, 0.2) is 0 Å². The zero-order chi connectivity index (χ0) is 15.4. The normalized spacial score (nSPS) is 10.0. The second-order valence-corrected chi connectivity index (χ2v) is 4.41. The van der Waals surface area contributed by atoms with Crippen LogP contribution in [0.1, 0.15) is 20.7 Å². The Bertz CT molecular complexity index is 706. The summed E-state index contributed by atoms with van der Waals surface area (Å²) in [5.41, 5.74) is 0.567. The van der Waals surface area contributed by atoms with Crippen LogP contribution in [0.5, 0.6) is 0 Å². The summed E-state index contributed by atoms with van der Waals surface area (Å²) in [7, 11) is 1.23. The van der Waals surface area contributed by atoms with Gasteiger partial charge in [-0.1, -0.05) is 11.6 Å². The fraction of sp³-hybridized carbons (Fsp3) is 0.0714. The molecule has 1 heterocycles. The molecular weight excluding hydrogens is 299 g/mol. The first-order valence-electron chi connectivity index (χ1n) is 5.82. The van der Waals surface area contributed by atoms with Gasteiger partial charge in [-0.3, -0.25) is 4.79 Å². The second-order valence-electron chi connectivity index (χ2n) is 4.01. The van der Waals surface area contributed by atoms with Crippen LogP contribution in [0.25, 0.3) is 0 Å². The molecule has 5 nitrogen and oxygen atoms in total. The molecule has 0 atom stereocenters. The van der Waals surface area contributed by atoms with Gasteiger partial charge in [0.2, 0.25) is 5.95 Å². The van der Waals surface area contributed by atoms with E-state index in [0.717, 1.165) is 6.07 Å². The molecule has 0 bridgehead atoms. The van der Waals surface area contributed by atoms with Gasteiger partial charge in [-0.05, 0) is 24.3 Å². The highest BCUT2D eigenvalue weighted by atomic mass is 35.5. The van der Waals surface area contributed by atoms with E-state index in [1.54, 1.807) is 0 Å². The van der Waals surface area contributed by atoms with Crippen LogP contribution < -0.4 is 5.32 Å². The van der Waals surface area contributed by atoms with Crippen molar-refractivity contribution in [3.8, 4) is 0 Å². The number of carbonyl (C=O) groups excluding carboxylic acids is 2. The summed E-state index contributed by atoms with van der Waals surface area (Å²) < 4.78 is 17.5. The van der Waals surface area contributed by atoms with Gasteiger partial charge in [-0.15, -0.1) is 0 Å². The Kier molecular flexibility index (Phi) is 4.49. The predicted octanol–water partition coefficient (Wildman–Crippen LogP) is 2.91. The van der Waals surface area contributed by atoms with Crippen molar-refractivity contribution in [3.63, 3.8) is 0 Å². The summed E-state index contributed by atoms with van der Waals surface area (Å²) in [5, 5.41) is 2.74. The molecule has 0 aliphatic rings. The van der Waals surface area contributed by atoms with Crippen molar-refractivity contribution in [2.75, 3.05) is 12.4 Å². The highest BCUT2D eigenvalue weighted by Gasteiger charge is 2.13. The lowest BCUT2D eigenvalue weighted by molar-refractivity contribution is 0.0600. The minimum atomic E-state index is -0.756. The van der Waals surface area contributed by atoms with Crippen molar-refractivity contribution in [1.82, 2.24) is 4.98 Å². The second kappa shape index (κ2) is 6.32. The summed E-state index contributed by atoms with van der Waals surface area (Å²) in [6, 6.07) is 6.73. The molecule has 7 heteroatoms. The number of amides is 1. The molecular formula is C14H10ClFN2O3. The molecule has 0 spiro atoms. The number of aromatic nitrogens is 1. The van der Waals surface area contributed by atoms with E-state index in [1.165, 1.54) is 37.6 Å². The van der Waals surface area contributed by atoms with E-state index >= 15 is 0 Å². The molecule has 2 aromatic rings. The number of benzene rings is 1. The van der Waals surface area contributed by atoms with E-state index in [1.807, 2.05) is 0 Å². The van der Waals surface area contributed by atoms with E-state index in [9.17, 15) is 14.0 Å². The molecule has 0 aliphatic carbocycles. The molecule has 21 heavy (non-hydrogen) atoms. The lowest BCUT2D eigenvalue weighted by Gasteiger charge is -2.08. The Balaban J connectivity index is 2.24. The molecule has 0 radical (unpaired) electrons. The van der Waals surface area contributed by atoms with Crippen molar-refractivity contribution in [1.29, 1.82) is 0 Å². The van der Waals surface area contributed by atoms with Crippen LogP contribution in [0.15, 0.2) is 36.5 Å². The number of ether oxygens (including phenoxy) is 1. The number of methoxy groups -OCH3 is 1. The Morgan fingerprint density at radius 2 is 2.05 bits per heavy atom. The summed E-state index contributed by atoms with van der Waals surface area (Å²) in [4.78, 5) is 26.8. The third-order valence-electron chi connectivity index (χ3n) is 2.62. The maximum atomic E-state index is 13.0. The minimum absolute atomic E-state index is 0.108. The first-order valence-corrected chi connectivity index (χ1v) is 6.20. The van der Waals surface area contributed by atoms with Crippen molar-refractivity contribution in [3.05, 3.63) is 58.6 Å². The van der Waals surface area contributed by atoms with Gasteiger partial charge in [0, 0.05) is 23.5 Å². The molecule has 0 saturated heterocycles. The zero-order valence-corrected chi connectivity index (χ0v) is 11.6. The SMILES string of the molecule is COC(=O)c1cc(NC(=O)c2ccnc(F)c2)ccc1Cl. The minimum Gasteiger partial charge on any atom is -0.465 e. The van der Waals surface area contributed by atoms with Crippen LogP contribution in [0, 0.1) is 5.95 Å². The van der Waals surface area contributed by atoms with Gasteiger partial charge in [0.1, 0.15) is 0 Å². The van der Waals surface area contributed by atoms with Crippen LogP contribution in [0.4, 0.5) is 10.1 Å². The molecule has 0 unspecified atom stereocenters. The number of halogens is 2. The Morgan fingerprint density at radius 1 is 1.29 bits per heavy atom. The van der Waals surface area contributed by atoms with E-state index in [2.05, 4.69) is 15.0 Å². The molecule has 1 N–H and O–H groups in total. The van der Waals surface area contributed by atoms with E-state index < -0.39 is 17.8 Å². The van der Waals surface area contributed by atoms with Crippen LogP contribution in [-0.2, 0) is 4.74 Å². The lowest BCUT2D eigenvalue weighted by atomic mass is 10.2. The van der Waals surface area contributed by atoms with Gasteiger partial charge in [-0.25, -0.2) is 9.78 Å². The van der Waals surface area contributed by atoms with Crippen molar-refractivity contribution >= 4 is 29.2 Å². The fourth-order valence-electron chi connectivity index (χ4n) is 1.62. The number of nitrogens with one attached hydrogen (secondary N) is 1. The molecule has 2 rings (SSSR count). The molecule has 0 fully saturated rings. The number of rotatable bonds is 3. The summed E-state index contributed by atoms with van der Waals surface area (Å²) >= 11 is 5.87. The van der Waals surface area contributed by atoms with Gasteiger partial charge in [0.25, 0.3) is 5.91 Å².